The molecular formula is C17H22N4O4S. The zero-order valence-corrected chi connectivity index (χ0v) is 15.2. The molecule has 1 aliphatic carbocycles. The zero-order chi connectivity index (χ0) is 18.9. The van der Waals surface area contributed by atoms with Crippen molar-refractivity contribution in [3.8, 4) is 0 Å². The highest BCUT2D eigenvalue weighted by Gasteiger charge is 2.27. The molecule has 0 bridgehead atoms. The highest BCUT2D eigenvalue weighted by molar-refractivity contribution is 7.98. The van der Waals surface area contributed by atoms with Crippen LogP contribution in [0.4, 0.5) is 0 Å². The second kappa shape index (κ2) is 9.81. The summed E-state index contributed by atoms with van der Waals surface area (Å²) in [5, 5.41) is 5.17. The lowest BCUT2D eigenvalue weighted by molar-refractivity contribution is -0.141. The summed E-state index contributed by atoms with van der Waals surface area (Å²) >= 11 is 1.53. The van der Waals surface area contributed by atoms with E-state index in [9.17, 15) is 19.2 Å². The first-order valence-corrected chi connectivity index (χ1v) is 9.66. The highest BCUT2D eigenvalue weighted by atomic mass is 32.2. The summed E-state index contributed by atoms with van der Waals surface area (Å²) in [7, 11) is 0. The Morgan fingerprint density at radius 2 is 1.77 bits per heavy atom. The van der Waals surface area contributed by atoms with Crippen molar-refractivity contribution in [2.24, 2.45) is 0 Å². The van der Waals surface area contributed by atoms with E-state index < -0.39 is 23.8 Å². The van der Waals surface area contributed by atoms with Crippen molar-refractivity contribution >= 4 is 35.4 Å². The first-order chi connectivity index (χ1) is 12.5. The average Bonchev–Trinajstić information content (AvgIpc) is 3.47. The van der Waals surface area contributed by atoms with Crippen LogP contribution in [0.3, 0.4) is 0 Å². The summed E-state index contributed by atoms with van der Waals surface area (Å²) in [5.41, 5.74) is 4.71. The Bertz CT molecular complexity index is 664. The van der Waals surface area contributed by atoms with Crippen LogP contribution < -0.4 is 21.5 Å². The fraction of sp³-hybridized carbons (Fsp3) is 0.412. The lowest BCUT2D eigenvalue weighted by atomic mass is 10.1. The van der Waals surface area contributed by atoms with Gasteiger partial charge in [-0.1, -0.05) is 18.2 Å². The molecular weight excluding hydrogens is 356 g/mol. The smallest absolute Gasteiger partial charge is 0.327 e. The summed E-state index contributed by atoms with van der Waals surface area (Å²) in [4.78, 5) is 47.8. The van der Waals surface area contributed by atoms with Gasteiger partial charge in [0, 0.05) is 11.6 Å². The van der Waals surface area contributed by atoms with Gasteiger partial charge in [-0.05, 0) is 43.4 Å². The van der Waals surface area contributed by atoms with Gasteiger partial charge >= 0.3 is 11.8 Å². The van der Waals surface area contributed by atoms with E-state index in [4.69, 9.17) is 0 Å². The highest BCUT2D eigenvalue weighted by Crippen LogP contribution is 2.18. The number of hydrogen-bond donors (Lipinski definition) is 4. The molecule has 2 rings (SSSR count). The van der Waals surface area contributed by atoms with Crippen molar-refractivity contribution in [3.05, 3.63) is 35.9 Å². The van der Waals surface area contributed by atoms with E-state index in [-0.39, 0.29) is 11.9 Å². The zero-order valence-electron chi connectivity index (χ0n) is 14.4. The lowest BCUT2D eigenvalue weighted by Crippen LogP contribution is -2.55. The van der Waals surface area contributed by atoms with Crippen molar-refractivity contribution in [1.29, 1.82) is 0 Å². The van der Waals surface area contributed by atoms with Crippen LogP contribution in [0.5, 0.6) is 0 Å². The topological polar surface area (TPSA) is 116 Å². The Balaban J connectivity index is 1.87. The Morgan fingerprint density at radius 1 is 1.08 bits per heavy atom. The monoisotopic (exact) mass is 378 g/mol. The molecule has 4 amide bonds. The number of benzene rings is 1. The summed E-state index contributed by atoms with van der Waals surface area (Å²) in [5.74, 6) is -2.06. The van der Waals surface area contributed by atoms with Gasteiger partial charge in [0.25, 0.3) is 11.8 Å². The second-order valence-corrected chi connectivity index (χ2v) is 6.85. The number of thioether (sulfide) groups is 1. The Kier molecular flexibility index (Phi) is 7.46. The Labute approximate surface area is 155 Å². The van der Waals surface area contributed by atoms with Gasteiger partial charge < -0.3 is 10.6 Å². The lowest BCUT2D eigenvalue weighted by Gasteiger charge is -2.18. The van der Waals surface area contributed by atoms with Crippen LogP contribution in [0, 0.1) is 0 Å². The maximum absolute atomic E-state index is 12.3. The van der Waals surface area contributed by atoms with Crippen molar-refractivity contribution in [2.45, 2.75) is 31.3 Å². The quantitative estimate of drug-likeness (QED) is 0.393. The molecule has 0 radical (unpaired) electrons. The number of hydrazine groups is 1. The fourth-order valence-corrected chi connectivity index (χ4v) is 2.55. The largest absolute Gasteiger partial charge is 0.345 e. The summed E-state index contributed by atoms with van der Waals surface area (Å²) in [6.07, 6.45) is 3.98. The molecule has 8 nitrogen and oxygen atoms in total. The summed E-state index contributed by atoms with van der Waals surface area (Å²) in [6.45, 7) is 0. The second-order valence-electron chi connectivity index (χ2n) is 5.86. The molecule has 140 valence electrons. The first-order valence-electron chi connectivity index (χ1n) is 8.26. The molecule has 1 aliphatic rings. The van der Waals surface area contributed by atoms with Gasteiger partial charge in [0.05, 0.1) is 0 Å². The maximum atomic E-state index is 12.3. The molecule has 1 aromatic rings. The molecule has 0 unspecified atom stereocenters. The molecule has 0 saturated heterocycles. The SMILES string of the molecule is CSCC[C@@H](NC(=O)c1ccccc1)C(=O)NNC(=O)C(=O)NC1CC1. The molecule has 0 aliphatic heterocycles. The average molecular weight is 378 g/mol. The van der Waals surface area contributed by atoms with Crippen LogP contribution in [0.15, 0.2) is 30.3 Å². The summed E-state index contributed by atoms with van der Waals surface area (Å²) < 4.78 is 0. The van der Waals surface area contributed by atoms with Gasteiger partial charge in [0.15, 0.2) is 0 Å². The normalized spacial score (nSPS) is 14.0. The van der Waals surface area contributed by atoms with Crippen LogP contribution in [-0.4, -0.2) is 47.7 Å². The number of amides is 4. The van der Waals surface area contributed by atoms with Crippen molar-refractivity contribution < 1.29 is 19.2 Å². The molecule has 1 fully saturated rings. The van der Waals surface area contributed by atoms with Crippen molar-refractivity contribution in [2.75, 3.05) is 12.0 Å². The minimum Gasteiger partial charge on any atom is -0.345 e. The molecule has 0 aromatic heterocycles. The predicted molar refractivity (Wildman–Crippen MR) is 98.1 cm³/mol. The molecule has 1 atom stereocenters. The predicted octanol–water partition coefficient (Wildman–Crippen LogP) is -0.0359. The van der Waals surface area contributed by atoms with Crippen molar-refractivity contribution in [3.63, 3.8) is 0 Å². The molecule has 4 N–H and O–H groups in total. The number of nitrogens with one attached hydrogen (secondary N) is 4. The Hall–Kier alpha value is -2.55. The first kappa shape index (κ1) is 19.8. The Morgan fingerprint density at radius 3 is 2.38 bits per heavy atom. The fourth-order valence-electron chi connectivity index (χ4n) is 2.08. The third kappa shape index (κ3) is 6.40. The van der Waals surface area contributed by atoms with Gasteiger partial charge in [-0.3, -0.25) is 30.0 Å². The van der Waals surface area contributed by atoms with Gasteiger partial charge in [0.1, 0.15) is 6.04 Å². The third-order valence-corrected chi connectivity index (χ3v) is 4.33. The maximum Gasteiger partial charge on any atom is 0.327 e. The van der Waals surface area contributed by atoms with E-state index in [1.807, 2.05) is 6.26 Å². The van der Waals surface area contributed by atoms with Gasteiger partial charge in [0.2, 0.25) is 0 Å². The molecule has 0 heterocycles. The molecule has 0 spiro atoms. The minimum absolute atomic E-state index is 0.0449. The van der Waals surface area contributed by atoms with Gasteiger partial charge in [-0.15, -0.1) is 0 Å². The summed E-state index contributed by atoms with van der Waals surface area (Å²) in [6, 6.07) is 7.74. The molecule has 26 heavy (non-hydrogen) atoms. The number of hydrogen-bond acceptors (Lipinski definition) is 5. The van der Waals surface area contributed by atoms with E-state index in [2.05, 4.69) is 21.5 Å². The molecule has 1 saturated carbocycles. The van der Waals surface area contributed by atoms with E-state index in [0.29, 0.717) is 17.7 Å². The van der Waals surface area contributed by atoms with E-state index in [1.165, 1.54) is 11.8 Å². The van der Waals surface area contributed by atoms with Gasteiger partial charge in [-0.25, -0.2) is 0 Å². The van der Waals surface area contributed by atoms with Crippen LogP contribution in [0.1, 0.15) is 29.6 Å². The standard InChI is InChI=1S/C17H22N4O4S/c1-26-10-9-13(19-14(22)11-5-3-2-4-6-11)15(23)20-21-17(25)16(24)18-12-7-8-12/h2-6,12-13H,7-10H2,1H3,(H,18,24)(H,19,22)(H,20,23)(H,21,25)/t13-/m1/s1. The van der Waals surface area contributed by atoms with Crippen LogP contribution in [-0.2, 0) is 14.4 Å². The molecule has 9 heteroatoms. The van der Waals surface area contributed by atoms with Gasteiger partial charge in [-0.2, -0.15) is 11.8 Å². The van der Waals surface area contributed by atoms with E-state index >= 15 is 0 Å². The molecule has 1 aromatic carbocycles. The van der Waals surface area contributed by atoms with Crippen molar-refractivity contribution in [1.82, 2.24) is 21.5 Å². The number of carbonyl (C=O) groups excluding carboxylic acids is 4. The third-order valence-electron chi connectivity index (χ3n) is 3.69. The van der Waals surface area contributed by atoms with E-state index in [1.54, 1.807) is 30.3 Å². The van der Waals surface area contributed by atoms with Crippen LogP contribution in [0.2, 0.25) is 0 Å². The van der Waals surface area contributed by atoms with Crippen LogP contribution >= 0.6 is 11.8 Å². The number of carbonyl (C=O) groups is 4. The van der Waals surface area contributed by atoms with E-state index in [0.717, 1.165) is 12.8 Å². The minimum atomic E-state index is -0.941. The number of rotatable bonds is 7. The van der Waals surface area contributed by atoms with Crippen LogP contribution in [0.25, 0.3) is 0 Å².